The molecule has 0 amide bonds. The SMILES string of the molecule is CC/C=C\C/C=C\C/C=C\C/C=C\C/C=C\CCCCCC(=O)OC[C@H](COC(=O)CCCCCCCCCCCCC)OC(=O)CCCCCCC/C=C\CCCCCC. The van der Waals surface area contributed by atoms with Crippen LogP contribution in [0.15, 0.2) is 72.9 Å². The third-order valence-corrected chi connectivity index (χ3v) is 10.7. The number of hydrogen-bond donors (Lipinski definition) is 0. The van der Waals surface area contributed by atoms with Gasteiger partial charge in [0.05, 0.1) is 0 Å². The summed E-state index contributed by atoms with van der Waals surface area (Å²) in [5.41, 5.74) is 0. The van der Waals surface area contributed by atoms with Crippen LogP contribution < -0.4 is 0 Å². The van der Waals surface area contributed by atoms with E-state index >= 15 is 0 Å². The summed E-state index contributed by atoms with van der Waals surface area (Å²) < 4.78 is 16.7. The number of allylic oxidation sites excluding steroid dienone is 12. The molecule has 0 aromatic rings. The molecule has 0 saturated carbocycles. The summed E-state index contributed by atoms with van der Waals surface area (Å²) in [6.07, 6.45) is 61.7. The van der Waals surface area contributed by atoms with Gasteiger partial charge in [0, 0.05) is 19.3 Å². The first kappa shape index (κ1) is 57.9. The van der Waals surface area contributed by atoms with Gasteiger partial charge in [0.1, 0.15) is 13.2 Å². The van der Waals surface area contributed by atoms with Crippen LogP contribution in [0.4, 0.5) is 0 Å². The van der Waals surface area contributed by atoms with E-state index < -0.39 is 6.10 Å². The lowest BCUT2D eigenvalue weighted by molar-refractivity contribution is -0.167. The van der Waals surface area contributed by atoms with Crippen LogP contribution >= 0.6 is 0 Å². The summed E-state index contributed by atoms with van der Waals surface area (Å²) in [7, 11) is 0. The molecule has 0 aliphatic carbocycles. The molecule has 6 nitrogen and oxygen atoms in total. The maximum Gasteiger partial charge on any atom is 0.306 e. The van der Waals surface area contributed by atoms with Gasteiger partial charge in [-0.3, -0.25) is 14.4 Å². The van der Waals surface area contributed by atoms with Crippen LogP contribution in [0.2, 0.25) is 0 Å². The van der Waals surface area contributed by atoms with Crippen LogP contribution in [0.3, 0.4) is 0 Å². The third kappa shape index (κ3) is 47.7. The fraction of sp³-hybridized carbons (Fsp3) is 0.727. The number of rotatable bonds is 45. The molecule has 0 N–H and O–H groups in total. The molecule has 0 radical (unpaired) electrons. The molecule has 0 unspecified atom stereocenters. The predicted octanol–water partition coefficient (Wildman–Crippen LogP) is 16.6. The van der Waals surface area contributed by atoms with Crippen molar-refractivity contribution in [2.45, 2.75) is 245 Å². The van der Waals surface area contributed by atoms with E-state index in [1.165, 1.54) is 89.9 Å². The Kier molecular flexibility index (Phi) is 46.9. The van der Waals surface area contributed by atoms with Gasteiger partial charge in [-0.1, -0.05) is 203 Å². The number of hydrogen-bond acceptors (Lipinski definition) is 6. The van der Waals surface area contributed by atoms with E-state index in [0.717, 1.165) is 109 Å². The topological polar surface area (TPSA) is 78.9 Å². The monoisotopic (exact) mass is 851 g/mol. The summed E-state index contributed by atoms with van der Waals surface area (Å²) in [4.78, 5) is 37.9. The van der Waals surface area contributed by atoms with Gasteiger partial charge in [0.2, 0.25) is 0 Å². The predicted molar refractivity (Wildman–Crippen MR) is 261 cm³/mol. The van der Waals surface area contributed by atoms with Crippen LogP contribution in [0.1, 0.15) is 239 Å². The molecule has 350 valence electrons. The smallest absolute Gasteiger partial charge is 0.306 e. The Labute approximate surface area is 376 Å². The second kappa shape index (κ2) is 49.5. The zero-order valence-electron chi connectivity index (χ0n) is 39.9. The molecule has 0 spiro atoms. The van der Waals surface area contributed by atoms with Crippen LogP contribution in [-0.2, 0) is 28.6 Å². The zero-order chi connectivity index (χ0) is 44.4. The Hall–Kier alpha value is -3.15. The second-order valence-corrected chi connectivity index (χ2v) is 16.7. The molecule has 0 fully saturated rings. The van der Waals surface area contributed by atoms with Gasteiger partial charge in [0.15, 0.2) is 6.10 Å². The van der Waals surface area contributed by atoms with Crippen molar-refractivity contribution in [2.75, 3.05) is 13.2 Å². The minimum Gasteiger partial charge on any atom is -0.462 e. The van der Waals surface area contributed by atoms with Gasteiger partial charge in [-0.25, -0.2) is 0 Å². The molecule has 0 rings (SSSR count). The molecule has 0 aromatic heterocycles. The summed E-state index contributed by atoms with van der Waals surface area (Å²) in [6, 6.07) is 0. The quantitative estimate of drug-likeness (QED) is 0.0263. The van der Waals surface area contributed by atoms with E-state index in [-0.39, 0.29) is 31.1 Å². The van der Waals surface area contributed by atoms with E-state index in [4.69, 9.17) is 14.2 Å². The van der Waals surface area contributed by atoms with Gasteiger partial charge in [-0.05, 0) is 89.9 Å². The lowest BCUT2D eigenvalue weighted by atomic mass is 10.1. The van der Waals surface area contributed by atoms with E-state index in [1.807, 2.05) is 0 Å². The molecule has 0 heterocycles. The summed E-state index contributed by atoms with van der Waals surface area (Å²) in [6.45, 7) is 6.46. The van der Waals surface area contributed by atoms with Crippen molar-refractivity contribution in [2.24, 2.45) is 0 Å². The fourth-order valence-corrected chi connectivity index (χ4v) is 6.87. The first-order valence-corrected chi connectivity index (χ1v) is 25.4. The molecule has 0 saturated heterocycles. The molecule has 1 atom stereocenters. The summed E-state index contributed by atoms with van der Waals surface area (Å²) in [5.74, 6) is -0.930. The Morgan fingerprint density at radius 3 is 1.05 bits per heavy atom. The molecule has 0 aliphatic heterocycles. The number of unbranched alkanes of at least 4 members (excludes halogenated alkanes) is 22. The van der Waals surface area contributed by atoms with Gasteiger partial charge < -0.3 is 14.2 Å². The molecule has 0 aromatic carbocycles. The van der Waals surface area contributed by atoms with Crippen molar-refractivity contribution in [1.82, 2.24) is 0 Å². The minimum atomic E-state index is -0.790. The highest BCUT2D eigenvalue weighted by molar-refractivity contribution is 5.71. The Morgan fingerprint density at radius 1 is 0.344 bits per heavy atom. The molecule has 0 bridgehead atoms. The second-order valence-electron chi connectivity index (χ2n) is 16.7. The summed E-state index contributed by atoms with van der Waals surface area (Å²) in [5, 5.41) is 0. The number of esters is 3. The van der Waals surface area contributed by atoms with E-state index in [0.29, 0.717) is 19.3 Å². The van der Waals surface area contributed by atoms with E-state index in [2.05, 4.69) is 93.7 Å². The van der Waals surface area contributed by atoms with Crippen molar-refractivity contribution < 1.29 is 28.6 Å². The van der Waals surface area contributed by atoms with Crippen molar-refractivity contribution in [1.29, 1.82) is 0 Å². The Bertz CT molecular complexity index is 1160. The van der Waals surface area contributed by atoms with Crippen molar-refractivity contribution in [3.8, 4) is 0 Å². The van der Waals surface area contributed by atoms with Crippen LogP contribution in [0.5, 0.6) is 0 Å². The lowest BCUT2D eigenvalue weighted by Gasteiger charge is -2.18. The number of carbonyl (C=O) groups excluding carboxylic acids is 3. The number of carbonyl (C=O) groups is 3. The highest BCUT2D eigenvalue weighted by atomic mass is 16.6. The number of ether oxygens (including phenoxy) is 3. The first-order valence-electron chi connectivity index (χ1n) is 25.4. The van der Waals surface area contributed by atoms with Gasteiger partial charge in [-0.15, -0.1) is 0 Å². The zero-order valence-corrected chi connectivity index (χ0v) is 39.9. The molecule has 6 heteroatoms. The Morgan fingerprint density at radius 2 is 0.639 bits per heavy atom. The normalized spacial score (nSPS) is 12.6. The molecule has 0 aliphatic rings. The fourth-order valence-electron chi connectivity index (χ4n) is 6.87. The largest absolute Gasteiger partial charge is 0.462 e. The van der Waals surface area contributed by atoms with Gasteiger partial charge >= 0.3 is 17.9 Å². The van der Waals surface area contributed by atoms with Gasteiger partial charge in [-0.2, -0.15) is 0 Å². The lowest BCUT2D eigenvalue weighted by Crippen LogP contribution is -2.30. The van der Waals surface area contributed by atoms with Crippen molar-refractivity contribution >= 4 is 17.9 Å². The molecule has 61 heavy (non-hydrogen) atoms. The van der Waals surface area contributed by atoms with Crippen LogP contribution in [0, 0.1) is 0 Å². The molecular formula is C55H94O6. The van der Waals surface area contributed by atoms with E-state index in [1.54, 1.807) is 0 Å². The maximum atomic E-state index is 12.8. The minimum absolute atomic E-state index is 0.0880. The summed E-state index contributed by atoms with van der Waals surface area (Å²) >= 11 is 0. The highest BCUT2D eigenvalue weighted by Crippen LogP contribution is 2.14. The van der Waals surface area contributed by atoms with Crippen molar-refractivity contribution in [3.63, 3.8) is 0 Å². The molecular weight excluding hydrogens is 757 g/mol. The standard InChI is InChI=1S/C55H94O6/c1-4-7-10-13-16-19-22-24-25-26-27-28-29-31-33-36-39-42-45-48-54(57)60-51-52(50-59-53(56)47-44-41-38-35-32-21-18-15-12-9-6-3)61-55(58)49-46-43-40-37-34-30-23-20-17-14-11-8-5-2/h7,10,16,19-20,23-25,27-28,31,33,52H,4-6,8-9,11-15,17-18,21-22,26,29-30,32,34-51H2,1-3H3/b10-7-,19-16-,23-20-,25-24-,28-27-,33-31-/t52-/m0/s1. The van der Waals surface area contributed by atoms with Crippen LogP contribution in [0.25, 0.3) is 0 Å². The van der Waals surface area contributed by atoms with E-state index in [9.17, 15) is 14.4 Å². The van der Waals surface area contributed by atoms with Crippen molar-refractivity contribution in [3.05, 3.63) is 72.9 Å². The van der Waals surface area contributed by atoms with Crippen LogP contribution in [-0.4, -0.2) is 37.2 Å². The average molecular weight is 851 g/mol. The first-order chi connectivity index (χ1) is 30.0. The highest BCUT2D eigenvalue weighted by Gasteiger charge is 2.19. The average Bonchev–Trinajstić information content (AvgIpc) is 3.26. The Balaban J connectivity index is 4.42. The van der Waals surface area contributed by atoms with Gasteiger partial charge in [0.25, 0.3) is 0 Å². The third-order valence-electron chi connectivity index (χ3n) is 10.7. The maximum absolute atomic E-state index is 12.8.